The van der Waals surface area contributed by atoms with E-state index in [4.69, 9.17) is 0 Å². The molecule has 1 amide bonds. The third kappa shape index (κ3) is 6.28. The summed E-state index contributed by atoms with van der Waals surface area (Å²) >= 11 is 0. The highest BCUT2D eigenvalue weighted by molar-refractivity contribution is 5.92. The predicted octanol–water partition coefficient (Wildman–Crippen LogP) is 2.99. The van der Waals surface area contributed by atoms with Crippen LogP contribution in [0.3, 0.4) is 0 Å². The summed E-state index contributed by atoms with van der Waals surface area (Å²) in [4.78, 5) is 18.1. The van der Waals surface area contributed by atoms with Crippen molar-refractivity contribution in [1.82, 2.24) is 30.2 Å². The fourth-order valence-corrected chi connectivity index (χ4v) is 3.01. The normalized spacial score (nSPS) is 14.8. The van der Waals surface area contributed by atoms with Crippen LogP contribution in [-0.2, 0) is 6.18 Å². The Hall–Kier alpha value is -1.91. The van der Waals surface area contributed by atoms with Gasteiger partial charge in [-0.1, -0.05) is 12.1 Å². The Morgan fingerprint density at radius 3 is 2.48 bits per heavy atom. The fourth-order valence-electron chi connectivity index (χ4n) is 3.01. The van der Waals surface area contributed by atoms with E-state index in [9.17, 15) is 18.0 Å². The van der Waals surface area contributed by atoms with Crippen molar-refractivity contribution in [2.75, 3.05) is 26.2 Å². The third-order valence-electron chi connectivity index (χ3n) is 4.61. The molecule has 0 aromatic carbocycles. The highest BCUT2D eigenvalue weighted by atomic mass is 35.5. The number of alkyl halides is 3. The lowest BCUT2D eigenvalue weighted by Gasteiger charge is -2.31. The van der Waals surface area contributed by atoms with Gasteiger partial charge >= 0.3 is 6.18 Å². The molecule has 29 heavy (non-hydrogen) atoms. The minimum atomic E-state index is -4.45. The molecule has 12 heteroatoms. The summed E-state index contributed by atoms with van der Waals surface area (Å²) in [5.74, 6) is 0.495. The lowest BCUT2D eigenvalue weighted by atomic mass is 9.96. The Morgan fingerprint density at radius 1 is 1.24 bits per heavy atom. The molecule has 0 unspecified atom stereocenters. The molecule has 0 spiro atoms. The summed E-state index contributed by atoms with van der Waals surface area (Å²) in [7, 11) is 0. The Bertz CT molecular complexity index is 776. The number of piperidine rings is 1. The molecule has 3 rings (SSSR count). The zero-order valence-electron chi connectivity index (χ0n) is 15.7. The Balaban J connectivity index is 0.00000210. The number of nitrogens with zero attached hydrogens (tertiary/aromatic N) is 5. The molecular weight excluding hydrogens is 432 g/mol. The maximum atomic E-state index is 12.6. The van der Waals surface area contributed by atoms with E-state index < -0.39 is 11.7 Å². The molecule has 0 radical (unpaired) electrons. The standard InChI is InChI=1S/C17H21F3N6O.2ClH/c1-2-21-9-12-5-7-25(8-6-12)16(27)14-11-26(24-23-14)15-4-3-13(10-22-15)17(18,19)20;;/h3-4,10-12,21H,2,5-9H2,1H3;2*1H. The van der Waals surface area contributed by atoms with E-state index in [2.05, 4.69) is 27.5 Å². The smallest absolute Gasteiger partial charge is 0.337 e. The van der Waals surface area contributed by atoms with E-state index in [0.29, 0.717) is 19.0 Å². The van der Waals surface area contributed by atoms with Gasteiger partial charge in [-0.05, 0) is 44.0 Å². The molecular formula is C17H23Cl2F3N6O. The van der Waals surface area contributed by atoms with Crippen LogP contribution < -0.4 is 5.32 Å². The van der Waals surface area contributed by atoms with Crippen LogP contribution in [0.25, 0.3) is 5.82 Å². The second-order valence-electron chi connectivity index (χ2n) is 6.49. The molecule has 162 valence electrons. The minimum absolute atomic E-state index is 0. The molecule has 1 N–H and O–H groups in total. The molecule has 0 saturated carbocycles. The lowest BCUT2D eigenvalue weighted by molar-refractivity contribution is -0.137. The summed E-state index contributed by atoms with van der Waals surface area (Å²) < 4.78 is 39.0. The van der Waals surface area contributed by atoms with E-state index in [-0.39, 0.29) is 42.2 Å². The molecule has 0 bridgehead atoms. The second kappa shape index (κ2) is 10.7. The summed E-state index contributed by atoms with van der Waals surface area (Å²) in [6.07, 6.45) is -0.481. The van der Waals surface area contributed by atoms with Crippen molar-refractivity contribution >= 4 is 30.7 Å². The number of carbonyl (C=O) groups excluding carboxylic acids is 1. The first-order valence-electron chi connectivity index (χ1n) is 8.84. The zero-order chi connectivity index (χ0) is 19.4. The average Bonchev–Trinajstić information content (AvgIpc) is 3.16. The van der Waals surface area contributed by atoms with E-state index in [0.717, 1.165) is 38.2 Å². The van der Waals surface area contributed by atoms with Gasteiger partial charge in [0.05, 0.1) is 11.8 Å². The van der Waals surface area contributed by atoms with Crippen LogP contribution in [0, 0.1) is 5.92 Å². The van der Waals surface area contributed by atoms with Crippen LogP contribution in [0.15, 0.2) is 24.5 Å². The van der Waals surface area contributed by atoms with Gasteiger partial charge in [-0.15, -0.1) is 29.9 Å². The molecule has 1 fully saturated rings. The summed E-state index contributed by atoms with van der Waals surface area (Å²) in [6.45, 7) is 5.25. The van der Waals surface area contributed by atoms with Crippen LogP contribution in [-0.4, -0.2) is 57.0 Å². The Morgan fingerprint density at radius 2 is 1.93 bits per heavy atom. The highest BCUT2D eigenvalue weighted by Crippen LogP contribution is 2.28. The Kier molecular flexibility index (Phi) is 9.31. The van der Waals surface area contributed by atoms with Gasteiger partial charge in [-0.2, -0.15) is 13.2 Å². The van der Waals surface area contributed by atoms with Crippen LogP contribution in [0.1, 0.15) is 35.8 Å². The lowest BCUT2D eigenvalue weighted by Crippen LogP contribution is -2.40. The highest BCUT2D eigenvalue weighted by Gasteiger charge is 2.31. The first-order valence-corrected chi connectivity index (χ1v) is 8.84. The van der Waals surface area contributed by atoms with Crippen molar-refractivity contribution in [3.8, 4) is 5.82 Å². The van der Waals surface area contributed by atoms with Crippen molar-refractivity contribution in [1.29, 1.82) is 0 Å². The number of pyridine rings is 1. The van der Waals surface area contributed by atoms with Gasteiger partial charge < -0.3 is 10.2 Å². The number of hydrogen-bond donors (Lipinski definition) is 1. The number of likely N-dealkylation sites (tertiary alicyclic amines) is 1. The van der Waals surface area contributed by atoms with E-state index in [1.807, 2.05) is 0 Å². The summed E-state index contributed by atoms with van der Waals surface area (Å²) in [5, 5.41) is 11.0. The van der Waals surface area contributed by atoms with Gasteiger partial charge in [0, 0.05) is 19.3 Å². The van der Waals surface area contributed by atoms with Crippen LogP contribution in [0.5, 0.6) is 0 Å². The fraction of sp³-hybridized carbons (Fsp3) is 0.529. The second-order valence-corrected chi connectivity index (χ2v) is 6.49. The number of nitrogens with one attached hydrogen (secondary N) is 1. The number of carbonyl (C=O) groups is 1. The molecule has 0 aliphatic carbocycles. The van der Waals surface area contributed by atoms with Crippen LogP contribution in [0.4, 0.5) is 13.2 Å². The molecule has 1 aliphatic rings. The number of amides is 1. The number of halogens is 5. The first-order chi connectivity index (χ1) is 12.9. The van der Waals surface area contributed by atoms with Crippen molar-refractivity contribution in [2.24, 2.45) is 5.92 Å². The molecule has 0 atom stereocenters. The summed E-state index contributed by atoms with van der Waals surface area (Å²) in [6, 6.07) is 2.11. The zero-order valence-corrected chi connectivity index (χ0v) is 17.4. The van der Waals surface area contributed by atoms with Crippen molar-refractivity contribution in [3.63, 3.8) is 0 Å². The Labute approximate surface area is 178 Å². The van der Waals surface area contributed by atoms with Crippen molar-refractivity contribution < 1.29 is 18.0 Å². The van der Waals surface area contributed by atoms with Gasteiger partial charge in [-0.3, -0.25) is 4.79 Å². The van der Waals surface area contributed by atoms with E-state index in [1.54, 1.807) is 4.90 Å². The first kappa shape index (κ1) is 25.1. The number of aromatic nitrogens is 4. The van der Waals surface area contributed by atoms with Gasteiger partial charge in [0.25, 0.3) is 5.91 Å². The van der Waals surface area contributed by atoms with Crippen molar-refractivity contribution in [3.05, 3.63) is 35.8 Å². The largest absolute Gasteiger partial charge is 0.417 e. The molecule has 1 saturated heterocycles. The van der Waals surface area contributed by atoms with Gasteiger partial charge in [-0.25, -0.2) is 9.67 Å². The molecule has 3 heterocycles. The van der Waals surface area contributed by atoms with Crippen molar-refractivity contribution in [2.45, 2.75) is 25.9 Å². The molecule has 2 aromatic rings. The molecule has 2 aromatic heterocycles. The third-order valence-corrected chi connectivity index (χ3v) is 4.61. The van der Waals surface area contributed by atoms with Crippen LogP contribution >= 0.6 is 24.8 Å². The monoisotopic (exact) mass is 454 g/mol. The van der Waals surface area contributed by atoms with Gasteiger partial charge in [0.2, 0.25) is 0 Å². The quantitative estimate of drug-likeness (QED) is 0.751. The van der Waals surface area contributed by atoms with Crippen LogP contribution in [0.2, 0.25) is 0 Å². The topological polar surface area (TPSA) is 75.9 Å². The average molecular weight is 455 g/mol. The van der Waals surface area contributed by atoms with Gasteiger partial charge in [0.1, 0.15) is 0 Å². The van der Waals surface area contributed by atoms with E-state index >= 15 is 0 Å². The number of hydrogen-bond acceptors (Lipinski definition) is 5. The maximum absolute atomic E-state index is 12.6. The summed E-state index contributed by atoms with van der Waals surface area (Å²) in [5.41, 5.74) is -0.690. The predicted molar refractivity (Wildman–Crippen MR) is 106 cm³/mol. The number of rotatable bonds is 5. The minimum Gasteiger partial charge on any atom is -0.337 e. The maximum Gasteiger partial charge on any atom is 0.417 e. The molecule has 7 nitrogen and oxygen atoms in total. The molecule has 1 aliphatic heterocycles. The van der Waals surface area contributed by atoms with E-state index in [1.165, 1.54) is 16.9 Å². The SMILES string of the molecule is CCNCC1CCN(C(=O)c2cn(-c3ccc(C(F)(F)F)cn3)nn2)CC1.Cl.Cl. The van der Waals surface area contributed by atoms with Gasteiger partial charge in [0.15, 0.2) is 11.5 Å².